The molecule has 2 rings (SSSR count). The van der Waals surface area contributed by atoms with E-state index in [0.29, 0.717) is 25.5 Å². The largest absolute Gasteiger partial charge is 0.401 e. The number of guanidine groups is 1. The standard InChI is InChI=1S/C17H25F3N4.HI/c1-21-16(22-10-5-8-14-6-3-2-4-7-14)23-15-9-11-24(12-15)13-17(18,19)20;/h2-4,6-7,15H,5,8-13H2,1H3,(H2,21,22,23);1H. The number of likely N-dealkylation sites (tertiary alicyclic amines) is 1. The summed E-state index contributed by atoms with van der Waals surface area (Å²) >= 11 is 0. The lowest BCUT2D eigenvalue weighted by Crippen LogP contribution is -2.45. The quantitative estimate of drug-likeness (QED) is 0.291. The summed E-state index contributed by atoms with van der Waals surface area (Å²) in [5.74, 6) is 0.655. The van der Waals surface area contributed by atoms with Gasteiger partial charge in [0.15, 0.2) is 5.96 Å². The van der Waals surface area contributed by atoms with E-state index in [9.17, 15) is 13.2 Å². The van der Waals surface area contributed by atoms with Crippen LogP contribution in [-0.4, -0.2) is 56.3 Å². The second-order valence-corrected chi connectivity index (χ2v) is 6.07. The minimum Gasteiger partial charge on any atom is -0.356 e. The van der Waals surface area contributed by atoms with Crippen molar-refractivity contribution in [3.05, 3.63) is 35.9 Å². The van der Waals surface area contributed by atoms with E-state index in [1.165, 1.54) is 10.5 Å². The van der Waals surface area contributed by atoms with Crippen molar-refractivity contribution in [2.75, 3.05) is 33.2 Å². The highest BCUT2D eigenvalue weighted by molar-refractivity contribution is 14.0. The van der Waals surface area contributed by atoms with Crippen LogP contribution in [0.4, 0.5) is 13.2 Å². The van der Waals surface area contributed by atoms with Gasteiger partial charge >= 0.3 is 6.18 Å². The molecule has 0 bridgehead atoms. The maximum atomic E-state index is 12.4. The molecule has 1 unspecified atom stereocenters. The summed E-state index contributed by atoms with van der Waals surface area (Å²) < 4.78 is 37.2. The molecule has 25 heavy (non-hydrogen) atoms. The fourth-order valence-corrected chi connectivity index (χ4v) is 2.88. The minimum atomic E-state index is -4.13. The first-order chi connectivity index (χ1) is 11.5. The fourth-order valence-electron chi connectivity index (χ4n) is 2.88. The van der Waals surface area contributed by atoms with Crippen LogP contribution in [0.5, 0.6) is 0 Å². The van der Waals surface area contributed by atoms with Crippen molar-refractivity contribution in [2.24, 2.45) is 4.99 Å². The number of nitrogens with zero attached hydrogens (tertiary/aromatic N) is 2. The van der Waals surface area contributed by atoms with Crippen LogP contribution in [0.15, 0.2) is 35.3 Å². The molecule has 0 radical (unpaired) electrons. The Morgan fingerprint density at radius 2 is 2.00 bits per heavy atom. The van der Waals surface area contributed by atoms with E-state index in [2.05, 4.69) is 27.8 Å². The summed E-state index contributed by atoms with van der Waals surface area (Å²) in [6.45, 7) is 0.786. The second-order valence-electron chi connectivity index (χ2n) is 6.07. The van der Waals surface area contributed by atoms with Gasteiger partial charge in [-0.15, -0.1) is 24.0 Å². The molecule has 1 fully saturated rings. The van der Waals surface area contributed by atoms with Crippen LogP contribution in [0, 0.1) is 0 Å². The molecule has 0 amide bonds. The average molecular weight is 470 g/mol. The number of rotatable bonds is 6. The van der Waals surface area contributed by atoms with Crippen molar-refractivity contribution < 1.29 is 13.2 Å². The first-order valence-corrected chi connectivity index (χ1v) is 8.26. The van der Waals surface area contributed by atoms with Crippen molar-refractivity contribution in [1.29, 1.82) is 0 Å². The molecule has 2 N–H and O–H groups in total. The van der Waals surface area contributed by atoms with Crippen LogP contribution in [0.3, 0.4) is 0 Å². The first kappa shape index (κ1) is 22.0. The van der Waals surface area contributed by atoms with E-state index < -0.39 is 12.7 Å². The summed E-state index contributed by atoms with van der Waals surface area (Å²) in [7, 11) is 1.68. The molecule has 4 nitrogen and oxygen atoms in total. The molecule has 0 saturated carbocycles. The smallest absolute Gasteiger partial charge is 0.356 e. The van der Waals surface area contributed by atoms with E-state index >= 15 is 0 Å². The molecular formula is C17H26F3IN4. The van der Waals surface area contributed by atoms with Crippen LogP contribution < -0.4 is 10.6 Å². The van der Waals surface area contributed by atoms with Crippen LogP contribution in [0.1, 0.15) is 18.4 Å². The second kappa shape index (κ2) is 10.8. The number of hydrogen-bond acceptors (Lipinski definition) is 2. The summed E-state index contributed by atoms with van der Waals surface area (Å²) in [5, 5.41) is 6.44. The highest BCUT2D eigenvalue weighted by Crippen LogP contribution is 2.19. The van der Waals surface area contributed by atoms with Crippen molar-refractivity contribution in [3.63, 3.8) is 0 Å². The van der Waals surface area contributed by atoms with Gasteiger partial charge in [-0.1, -0.05) is 30.3 Å². The molecule has 1 heterocycles. The molecule has 1 aliphatic heterocycles. The lowest BCUT2D eigenvalue weighted by molar-refractivity contribution is -0.143. The van der Waals surface area contributed by atoms with Crippen molar-refractivity contribution in [1.82, 2.24) is 15.5 Å². The van der Waals surface area contributed by atoms with Crippen LogP contribution in [0.25, 0.3) is 0 Å². The van der Waals surface area contributed by atoms with E-state index in [0.717, 1.165) is 19.4 Å². The van der Waals surface area contributed by atoms with E-state index in [-0.39, 0.29) is 30.0 Å². The topological polar surface area (TPSA) is 39.7 Å². The van der Waals surface area contributed by atoms with Crippen LogP contribution in [-0.2, 0) is 6.42 Å². The number of benzene rings is 1. The average Bonchev–Trinajstić information content (AvgIpc) is 2.96. The number of aliphatic imine (C=N–C) groups is 1. The van der Waals surface area contributed by atoms with Gasteiger partial charge in [-0.25, -0.2) is 0 Å². The Labute approximate surface area is 164 Å². The molecule has 8 heteroatoms. The first-order valence-electron chi connectivity index (χ1n) is 8.26. The highest BCUT2D eigenvalue weighted by Gasteiger charge is 2.34. The van der Waals surface area contributed by atoms with Crippen molar-refractivity contribution >= 4 is 29.9 Å². The maximum absolute atomic E-state index is 12.4. The third-order valence-corrected chi connectivity index (χ3v) is 4.02. The molecular weight excluding hydrogens is 444 g/mol. The third kappa shape index (κ3) is 8.75. The van der Waals surface area contributed by atoms with Crippen LogP contribution >= 0.6 is 24.0 Å². The summed E-state index contributed by atoms with van der Waals surface area (Å²) in [6, 6.07) is 10.2. The summed E-state index contributed by atoms with van der Waals surface area (Å²) in [5.41, 5.74) is 1.29. The zero-order chi connectivity index (χ0) is 17.4. The molecule has 0 aliphatic carbocycles. The summed E-state index contributed by atoms with van der Waals surface area (Å²) in [4.78, 5) is 5.58. The lowest BCUT2D eigenvalue weighted by atomic mass is 10.1. The number of aryl methyl sites for hydroxylation is 1. The van der Waals surface area contributed by atoms with E-state index in [4.69, 9.17) is 0 Å². The lowest BCUT2D eigenvalue weighted by Gasteiger charge is -2.19. The SMILES string of the molecule is CN=C(NCCCc1ccccc1)NC1CCN(CC(F)(F)F)C1.I. The minimum absolute atomic E-state index is 0. The molecule has 1 aliphatic rings. The van der Waals surface area contributed by atoms with Gasteiger partial charge in [0, 0.05) is 32.7 Å². The van der Waals surface area contributed by atoms with Gasteiger partial charge in [0.1, 0.15) is 0 Å². The predicted molar refractivity (Wildman–Crippen MR) is 106 cm³/mol. The van der Waals surface area contributed by atoms with Gasteiger partial charge < -0.3 is 10.6 Å². The van der Waals surface area contributed by atoms with Crippen molar-refractivity contribution in [2.45, 2.75) is 31.5 Å². The van der Waals surface area contributed by atoms with Gasteiger partial charge in [-0.3, -0.25) is 9.89 Å². The van der Waals surface area contributed by atoms with Crippen molar-refractivity contribution in [3.8, 4) is 0 Å². The third-order valence-electron chi connectivity index (χ3n) is 4.02. The van der Waals surface area contributed by atoms with Gasteiger partial charge in [0.25, 0.3) is 0 Å². The molecule has 1 aromatic rings. The maximum Gasteiger partial charge on any atom is 0.401 e. The monoisotopic (exact) mass is 470 g/mol. The number of nitrogens with one attached hydrogen (secondary N) is 2. The molecule has 142 valence electrons. The van der Waals surface area contributed by atoms with Gasteiger partial charge in [0.05, 0.1) is 6.54 Å². The van der Waals surface area contributed by atoms with Crippen LogP contribution in [0.2, 0.25) is 0 Å². The molecule has 1 atom stereocenters. The predicted octanol–water partition coefficient (Wildman–Crippen LogP) is 3.04. The zero-order valence-electron chi connectivity index (χ0n) is 14.4. The highest BCUT2D eigenvalue weighted by atomic mass is 127. The molecule has 0 aromatic heterocycles. The Hall–Kier alpha value is -1.03. The zero-order valence-corrected chi connectivity index (χ0v) is 16.7. The number of halogens is 4. The Kier molecular flexibility index (Phi) is 9.55. The normalized spacial score (nSPS) is 18.7. The van der Waals surface area contributed by atoms with E-state index in [1.54, 1.807) is 7.05 Å². The fraction of sp³-hybridized carbons (Fsp3) is 0.588. The van der Waals surface area contributed by atoms with Gasteiger partial charge in [-0.05, 0) is 24.8 Å². The Morgan fingerprint density at radius 3 is 2.64 bits per heavy atom. The van der Waals surface area contributed by atoms with Gasteiger partial charge in [0.2, 0.25) is 0 Å². The molecule has 1 aromatic carbocycles. The Balaban J connectivity index is 0.00000312. The Bertz CT molecular complexity index is 522. The van der Waals surface area contributed by atoms with Gasteiger partial charge in [-0.2, -0.15) is 13.2 Å². The number of hydrogen-bond donors (Lipinski definition) is 2. The Morgan fingerprint density at radius 1 is 1.28 bits per heavy atom. The summed E-state index contributed by atoms with van der Waals surface area (Å²) in [6.07, 6.45) is -1.49. The number of alkyl halides is 3. The molecule has 1 saturated heterocycles. The molecule has 0 spiro atoms. The van der Waals surface area contributed by atoms with E-state index in [1.807, 2.05) is 18.2 Å².